The van der Waals surface area contributed by atoms with Gasteiger partial charge in [-0.2, -0.15) is 5.10 Å². The van der Waals surface area contributed by atoms with E-state index in [0.29, 0.717) is 19.6 Å². The summed E-state index contributed by atoms with van der Waals surface area (Å²) in [5.41, 5.74) is 2.19. The van der Waals surface area contributed by atoms with Crippen LogP contribution in [0.5, 0.6) is 0 Å². The molecule has 0 radical (unpaired) electrons. The number of aryl methyl sites for hydroxylation is 4. The highest BCUT2D eigenvalue weighted by atomic mass is 32.1. The number of aromatic nitrogens is 4. The van der Waals surface area contributed by atoms with Crippen molar-refractivity contribution < 1.29 is 4.79 Å². The molecule has 0 atom stereocenters. The Balaban J connectivity index is 1.49. The number of carbonyl (C=O) groups is 1. The van der Waals surface area contributed by atoms with Crippen LogP contribution in [0.1, 0.15) is 42.2 Å². The van der Waals surface area contributed by atoms with Crippen LogP contribution < -0.4 is 5.56 Å². The molecule has 0 bridgehead atoms. The number of fused-ring (bicyclic) bond motifs is 3. The van der Waals surface area contributed by atoms with Gasteiger partial charge in [0.05, 0.1) is 17.9 Å². The van der Waals surface area contributed by atoms with Crippen LogP contribution in [0.25, 0.3) is 10.2 Å². The molecular formula is C20H25N5O2S. The van der Waals surface area contributed by atoms with Gasteiger partial charge in [0.1, 0.15) is 4.83 Å². The van der Waals surface area contributed by atoms with Crippen LogP contribution >= 0.6 is 11.3 Å². The smallest absolute Gasteiger partial charge is 0.262 e. The second-order valence-electron chi connectivity index (χ2n) is 7.31. The molecule has 0 unspecified atom stereocenters. The summed E-state index contributed by atoms with van der Waals surface area (Å²) in [6, 6.07) is 0. The number of hydrogen-bond acceptors (Lipinski definition) is 5. The Labute approximate surface area is 167 Å². The van der Waals surface area contributed by atoms with E-state index in [2.05, 4.69) is 10.1 Å². The average molecular weight is 400 g/mol. The van der Waals surface area contributed by atoms with Crippen molar-refractivity contribution in [2.75, 3.05) is 6.54 Å². The van der Waals surface area contributed by atoms with E-state index in [-0.39, 0.29) is 17.9 Å². The average Bonchev–Trinajstić information content (AvgIpc) is 3.28. The van der Waals surface area contributed by atoms with Crippen LogP contribution in [0.2, 0.25) is 0 Å². The van der Waals surface area contributed by atoms with Crippen molar-refractivity contribution in [3.8, 4) is 0 Å². The molecule has 148 valence electrons. The van der Waals surface area contributed by atoms with Gasteiger partial charge in [-0.1, -0.05) is 0 Å². The van der Waals surface area contributed by atoms with Gasteiger partial charge in [0.2, 0.25) is 5.91 Å². The molecular weight excluding hydrogens is 374 g/mol. The molecule has 0 aromatic carbocycles. The van der Waals surface area contributed by atoms with Gasteiger partial charge in [0.25, 0.3) is 5.56 Å². The minimum absolute atomic E-state index is 0.00694. The molecule has 3 heterocycles. The van der Waals surface area contributed by atoms with E-state index in [1.807, 2.05) is 20.2 Å². The predicted octanol–water partition coefficient (Wildman–Crippen LogP) is 2.51. The van der Waals surface area contributed by atoms with Crippen molar-refractivity contribution in [3.63, 3.8) is 0 Å². The first-order valence-corrected chi connectivity index (χ1v) is 10.6. The molecule has 4 rings (SSSR count). The fourth-order valence-electron chi connectivity index (χ4n) is 3.86. The maximum atomic E-state index is 13.0. The lowest BCUT2D eigenvalue weighted by Crippen LogP contribution is -2.32. The molecule has 7 nitrogen and oxygen atoms in total. The van der Waals surface area contributed by atoms with E-state index in [1.54, 1.807) is 38.0 Å². The first-order valence-electron chi connectivity index (χ1n) is 9.81. The maximum absolute atomic E-state index is 13.0. The van der Waals surface area contributed by atoms with Gasteiger partial charge in [0, 0.05) is 49.7 Å². The molecule has 0 spiro atoms. The summed E-state index contributed by atoms with van der Waals surface area (Å²) in [7, 11) is 1.86. The summed E-state index contributed by atoms with van der Waals surface area (Å²) in [5.74, 6) is 0.0331. The van der Waals surface area contributed by atoms with E-state index in [1.165, 1.54) is 16.9 Å². The molecule has 28 heavy (non-hydrogen) atoms. The van der Waals surface area contributed by atoms with Crippen LogP contribution in [-0.2, 0) is 37.8 Å². The third kappa shape index (κ3) is 3.61. The zero-order valence-corrected chi connectivity index (χ0v) is 17.2. The molecule has 3 aromatic rings. The van der Waals surface area contributed by atoms with Gasteiger partial charge in [0.15, 0.2) is 0 Å². The number of carbonyl (C=O) groups excluding carboxylic acids is 1. The summed E-state index contributed by atoms with van der Waals surface area (Å²) >= 11 is 1.65. The van der Waals surface area contributed by atoms with Gasteiger partial charge >= 0.3 is 0 Å². The Morgan fingerprint density at radius 3 is 2.89 bits per heavy atom. The van der Waals surface area contributed by atoms with Crippen LogP contribution in [0.3, 0.4) is 0 Å². The monoisotopic (exact) mass is 399 g/mol. The summed E-state index contributed by atoms with van der Waals surface area (Å²) < 4.78 is 3.33. The fraction of sp³-hybridized carbons (Fsp3) is 0.500. The molecule has 1 aliphatic rings. The van der Waals surface area contributed by atoms with E-state index in [9.17, 15) is 9.59 Å². The van der Waals surface area contributed by atoms with Crippen molar-refractivity contribution >= 4 is 27.5 Å². The topological polar surface area (TPSA) is 73.0 Å². The van der Waals surface area contributed by atoms with Crippen LogP contribution in [0, 0.1) is 0 Å². The lowest BCUT2D eigenvalue weighted by Gasteiger charge is -2.20. The lowest BCUT2D eigenvalue weighted by atomic mass is 9.97. The van der Waals surface area contributed by atoms with E-state index in [4.69, 9.17) is 0 Å². The number of thiophene rings is 1. The van der Waals surface area contributed by atoms with E-state index >= 15 is 0 Å². The number of rotatable bonds is 6. The van der Waals surface area contributed by atoms with Crippen molar-refractivity contribution in [2.24, 2.45) is 7.05 Å². The molecule has 0 aliphatic heterocycles. The van der Waals surface area contributed by atoms with Gasteiger partial charge < -0.3 is 4.90 Å². The van der Waals surface area contributed by atoms with Crippen molar-refractivity contribution in [1.29, 1.82) is 0 Å². The first-order chi connectivity index (χ1) is 13.6. The van der Waals surface area contributed by atoms with Crippen molar-refractivity contribution in [3.05, 3.63) is 45.1 Å². The molecule has 0 fully saturated rings. The largest absolute Gasteiger partial charge is 0.338 e. The van der Waals surface area contributed by atoms with Crippen LogP contribution in [0.4, 0.5) is 0 Å². The Bertz CT molecular complexity index is 1060. The number of amides is 1. The second kappa shape index (κ2) is 7.87. The molecule has 0 saturated heterocycles. The Hall–Kier alpha value is -2.48. The van der Waals surface area contributed by atoms with Crippen molar-refractivity contribution in [2.45, 2.75) is 52.1 Å². The zero-order chi connectivity index (χ0) is 19.7. The molecule has 0 saturated carbocycles. The second-order valence-corrected chi connectivity index (χ2v) is 8.40. The maximum Gasteiger partial charge on any atom is 0.262 e. The van der Waals surface area contributed by atoms with E-state index < -0.39 is 0 Å². The minimum Gasteiger partial charge on any atom is -0.338 e. The van der Waals surface area contributed by atoms with Crippen molar-refractivity contribution in [1.82, 2.24) is 24.2 Å². The third-order valence-corrected chi connectivity index (χ3v) is 6.57. The quantitative estimate of drug-likeness (QED) is 0.638. The highest BCUT2D eigenvalue weighted by Crippen LogP contribution is 2.33. The summed E-state index contributed by atoms with van der Waals surface area (Å²) in [6.07, 6.45) is 9.90. The van der Waals surface area contributed by atoms with Crippen LogP contribution in [0.15, 0.2) is 23.5 Å². The summed E-state index contributed by atoms with van der Waals surface area (Å²) in [4.78, 5) is 34.1. The molecule has 1 amide bonds. The Kier molecular flexibility index (Phi) is 5.30. The normalized spacial score (nSPS) is 13.6. The molecule has 0 N–H and O–H groups in total. The zero-order valence-electron chi connectivity index (χ0n) is 16.3. The fourth-order valence-corrected chi connectivity index (χ4v) is 5.08. The lowest BCUT2D eigenvalue weighted by molar-refractivity contribution is -0.131. The Morgan fingerprint density at radius 1 is 1.32 bits per heavy atom. The minimum atomic E-state index is -0.00694. The van der Waals surface area contributed by atoms with Gasteiger partial charge in [-0.05, 0) is 38.2 Å². The first kappa shape index (κ1) is 18.9. The predicted molar refractivity (Wildman–Crippen MR) is 109 cm³/mol. The van der Waals surface area contributed by atoms with Gasteiger partial charge in [-0.3, -0.25) is 18.8 Å². The van der Waals surface area contributed by atoms with Crippen LogP contribution in [-0.4, -0.2) is 36.7 Å². The molecule has 3 aromatic heterocycles. The van der Waals surface area contributed by atoms with Gasteiger partial charge in [-0.15, -0.1) is 11.3 Å². The SMILES string of the molecule is CCN(Cc1cnn(C)c1)C(=O)CCn1cnc2sc3c(c2c1=O)CCCC3. The number of hydrogen-bond donors (Lipinski definition) is 0. The highest BCUT2D eigenvalue weighted by molar-refractivity contribution is 7.18. The summed E-state index contributed by atoms with van der Waals surface area (Å²) in [5, 5.41) is 4.93. The Morgan fingerprint density at radius 2 is 2.14 bits per heavy atom. The molecule has 1 aliphatic carbocycles. The number of nitrogens with zero attached hydrogens (tertiary/aromatic N) is 5. The van der Waals surface area contributed by atoms with E-state index in [0.717, 1.165) is 35.0 Å². The standard InChI is InChI=1S/C20H25N5O2S/c1-3-24(12-14-10-22-23(2)11-14)17(26)8-9-25-13-21-19-18(20(25)27)15-6-4-5-7-16(15)28-19/h10-11,13H,3-9,12H2,1-2H3. The molecule has 8 heteroatoms. The third-order valence-electron chi connectivity index (χ3n) is 5.37. The van der Waals surface area contributed by atoms with Gasteiger partial charge in [-0.25, -0.2) is 4.98 Å². The highest BCUT2D eigenvalue weighted by Gasteiger charge is 2.20. The summed E-state index contributed by atoms with van der Waals surface area (Å²) in [6.45, 7) is 3.48.